The van der Waals surface area contributed by atoms with Crippen molar-refractivity contribution in [3.8, 4) is 0 Å². The van der Waals surface area contributed by atoms with Gasteiger partial charge in [-0.05, 0) is 0 Å². The van der Waals surface area contributed by atoms with Crippen molar-refractivity contribution in [1.29, 1.82) is 0 Å². The van der Waals surface area contributed by atoms with Gasteiger partial charge in [0.05, 0.1) is 0 Å². The number of benzene rings is 1. The molecule has 0 bridgehead atoms. The van der Waals surface area contributed by atoms with E-state index in [-0.39, 0.29) is 20.2 Å². The van der Waals surface area contributed by atoms with E-state index in [1.54, 1.807) is 6.07 Å². The molecule has 1 aromatic heterocycles. The first-order valence-corrected chi connectivity index (χ1v) is 6.06. The molecule has 66 valence electrons. The molecule has 0 radical (unpaired) electrons. The van der Waals surface area contributed by atoms with Gasteiger partial charge in [-0.2, -0.15) is 0 Å². The number of fused-ring (bicyclic) bond motifs is 1. The van der Waals surface area contributed by atoms with Gasteiger partial charge in [0.25, 0.3) is 0 Å². The van der Waals surface area contributed by atoms with Crippen LogP contribution in [-0.4, -0.2) is 40.4 Å². The molecule has 0 atom stereocenters. The summed E-state index contributed by atoms with van der Waals surface area (Å²) < 4.78 is 2.13. The van der Waals surface area contributed by atoms with Crippen LogP contribution < -0.4 is 3.47 Å². The molecular formula is C7H4N2O2Se2. The minimum absolute atomic E-state index is 0.112. The van der Waals surface area contributed by atoms with Gasteiger partial charge in [0.1, 0.15) is 0 Å². The molecule has 0 aliphatic rings. The Hall–Kier alpha value is -0.671. The van der Waals surface area contributed by atoms with Crippen LogP contribution in [0, 0.1) is 10.1 Å². The Balaban J connectivity index is 2.67. The Morgan fingerprint density at radius 2 is 2.31 bits per heavy atom. The van der Waals surface area contributed by atoms with Crippen LogP contribution in [0.25, 0.3) is 9.78 Å². The van der Waals surface area contributed by atoms with Crippen molar-refractivity contribution in [2.45, 2.75) is 0 Å². The number of rotatable bonds is 1. The maximum absolute atomic E-state index is 10.4. The Morgan fingerprint density at radius 3 is 3.00 bits per heavy atom. The third-order valence-corrected chi connectivity index (χ3v) is 4.54. The van der Waals surface area contributed by atoms with Crippen LogP contribution in [0.4, 0.5) is 5.69 Å². The minimum atomic E-state index is -0.398. The number of hydrogen-bond donors (Lipinski definition) is 0. The molecule has 0 N–H and O–H groups in total. The fourth-order valence-corrected chi connectivity index (χ4v) is 3.75. The first-order valence-electron chi connectivity index (χ1n) is 3.41. The van der Waals surface area contributed by atoms with Crippen molar-refractivity contribution < 1.29 is 4.92 Å². The van der Waals surface area contributed by atoms with Crippen molar-refractivity contribution in [3.63, 3.8) is 0 Å². The molecule has 2 rings (SSSR count). The number of nitro groups is 1. The van der Waals surface area contributed by atoms with Crippen molar-refractivity contribution in [3.05, 3.63) is 28.3 Å². The average Bonchev–Trinajstić information content (AvgIpc) is 2.42. The summed E-state index contributed by atoms with van der Waals surface area (Å²) in [6, 6.07) is 4.84. The van der Waals surface area contributed by atoms with E-state index in [2.05, 4.69) is 21.0 Å². The number of aromatic nitrogens is 1. The molecule has 0 spiro atoms. The topological polar surface area (TPSA) is 56.0 Å². The summed E-state index contributed by atoms with van der Waals surface area (Å²) in [6.45, 7) is 0. The summed E-state index contributed by atoms with van der Waals surface area (Å²) in [6.07, 6.45) is 0. The second-order valence-corrected chi connectivity index (χ2v) is 6.93. The molecule has 0 amide bonds. The second-order valence-electron chi connectivity index (χ2n) is 2.41. The van der Waals surface area contributed by atoms with Crippen molar-refractivity contribution in [1.82, 2.24) is 4.98 Å². The van der Waals surface area contributed by atoms with Gasteiger partial charge in [0, 0.05) is 0 Å². The van der Waals surface area contributed by atoms with Gasteiger partial charge in [0.2, 0.25) is 0 Å². The summed E-state index contributed by atoms with van der Waals surface area (Å²) >= 11 is 2.64. The molecule has 13 heavy (non-hydrogen) atoms. The maximum atomic E-state index is 10.4. The van der Waals surface area contributed by atoms with E-state index >= 15 is 0 Å². The average molecular weight is 306 g/mol. The zero-order chi connectivity index (χ0) is 9.42. The third kappa shape index (κ3) is 1.67. The SMILES string of the molecule is O=[N+]([O-])c1ccc2[se]c([SeH])nc2c1. The van der Waals surface area contributed by atoms with E-state index in [1.807, 2.05) is 0 Å². The van der Waals surface area contributed by atoms with Crippen LogP contribution in [0.3, 0.4) is 0 Å². The molecule has 4 nitrogen and oxygen atoms in total. The third-order valence-electron chi connectivity index (χ3n) is 1.57. The summed E-state index contributed by atoms with van der Waals surface area (Å²) in [5.74, 6) is 0. The molecule has 6 heteroatoms. The zero-order valence-corrected chi connectivity index (χ0v) is 9.89. The van der Waals surface area contributed by atoms with Crippen LogP contribution in [-0.2, 0) is 0 Å². The molecular weight excluding hydrogens is 302 g/mol. The van der Waals surface area contributed by atoms with Crippen LogP contribution >= 0.6 is 0 Å². The molecule has 2 aromatic rings. The Labute approximate surface area is 87.7 Å². The second kappa shape index (κ2) is 3.24. The van der Waals surface area contributed by atoms with E-state index < -0.39 is 4.92 Å². The molecule has 1 aromatic carbocycles. The number of hydrogen-bond acceptors (Lipinski definition) is 3. The van der Waals surface area contributed by atoms with Gasteiger partial charge in [0.15, 0.2) is 0 Å². The number of nitro benzene ring substituents is 1. The fraction of sp³-hybridized carbons (Fsp3) is 0. The summed E-state index contributed by atoms with van der Waals surface area (Å²) in [4.78, 5) is 14.3. The summed E-state index contributed by atoms with van der Waals surface area (Å²) in [7, 11) is 0. The normalized spacial score (nSPS) is 10.5. The first-order chi connectivity index (χ1) is 6.16. The van der Waals surface area contributed by atoms with E-state index in [9.17, 15) is 10.1 Å². The van der Waals surface area contributed by atoms with Gasteiger partial charge < -0.3 is 0 Å². The van der Waals surface area contributed by atoms with Gasteiger partial charge >= 0.3 is 87.7 Å². The Morgan fingerprint density at radius 1 is 1.54 bits per heavy atom. The van der Waals surface area contributed by atoms with E-state index in [0.29, 0.717) is 0 Å². The van der Waals surface area contributed by atoms with Gasteiger partial charge in [-0.3, -0.25) is 0 Å². The number of non-ortho nitro benzene ring substituents is 1. The van der Waals surface area contributed by atoms with E-state index in [1.165, 1.54) is 12.1 Å². The van der Waals surface area contributed by atoms with Crippen molar-refractivity contribution in [2.75, 3.05) is 0 Å². The van der Waals surface area contributed by atoms with E-state index in [4.69, 9.17) is 0 Å². The van der Waals surface area contributed by atoms with Gasteiger partial charge in [-0.1, -0.05) is 0 Å². The van der Waals surface area contributed by atoms with Crippen LogP contribution in [0.5, 0.6) is 0 Å². The van der Waals surface area contributed by atoms with Gasteiger partial charge in [-0.25, -0.2) is 0 Å². The Bertz CT molecular complexity index is 480. The quantitative estimate of drug-likeness (QED) is 0.414. The molecule has 0 unspecified atom stereocenters. The van der Waals surface area contributed by atoms with Crippen LogP contribution in [0.2, 0.25) is 0 Å². The van der Waals surface area contributed by atoms with Crippen molar-refractivity contribution >= 4 is 49.4 Å². The summed E-state index contributed by atoms with van der Waals surface area (Å²) in [5, 5.41) is 10.4. The molecule has 0 saturated heterocycles. The molecule has 0 aliphatic carbocycles. The van der Waals surface area contributed by atoms with Crippen LogP contribution in [0.1, 0.15) is 0 Å². The number of nitrogens with zero attached hydrogens (tertiary/aromatic N) is 2. The van der Waals surface area contributed by atoms with E-state index in [0.717, 1.165) is 13.2 Å². The zero-order valence-electron chi connectivity index (χ0n) is 6.30. The fourth-order valence-electron chi connectivity index (χ4n) is 1.02. The molecule has 0 fully saturated rings. The standard InChI is InChI=1S/C7H4N2O2Se2/c10-9(11)4-1-2-6-5(3-4)8-7(12)13-6/h1-3H,(H,8,12). The molecule has 0 saturated carbocycles. The predicted octanol–water partition coefficient (Wildman–Crippen LogP) is -0.274. The first kappa shape index (κ1) is 8.91. The van der Waals surface area contributed by atoms with Crippen LogP contribution in [0.15, 0.2) is 18.2 Å². The summed E-state index contributed by atoms with van der Waals surface area (Å²) in [5.41, 5.74) is 0.866. The monoisotopic (exact) mass is 308 g/mol. The van der Waals surface area contributed by atoms with Crippen molar-refractivity contribution in [2.24, 2.45) is 0 Å². The predicted molar refractivity (Wildman–Crippen MR) is 52.1 cm³/mol. The Kier molecular flexibility index (Phi) is 2.22. The van der Waals surface area contributed by atoms with Gasteiger partial charge in [-0.15, -0.1) is 0 Å². The molecule has 0 aliphatic heterocycles. The molecule has 1 heterocycles.